The van der Waals surface area contributed by atoms with Gasteiger partial charge in [-0.1, -0.05) is 121 Å². The Morgan fingerprint density at radius 3 is 0.812 bits per heavy atom. The highest BCUT2D eigenvalue weighted by Gasteiger charge is 2.03. The third kappa shape index (κ3) is 6.17. The molecule has 4 aromatic rings. The van der Waals surface area contributed by atoms with Crippen LogP contribution >= 0.6 is 0 Å². The van der Waals surface area contributed by atoms with Crippen molar-refractivity contribution in [1.82, 2.24) is 0 Å². The first-order chi connectivity index (χ1) is 15.8. The number of allylic oxidation sites excluding steroid dienone is 2. The lowest BCUT2D eigenvalue weighted by molar-refractivity contribution is 1.51. The molecule has 4 rings (SSSR count). The molecule has 0 aliphatic carbocycles. The molecule has 0 atom stereocenters. The highest BCUT2D eigenvalue weighted by molar-refractivity contribution is 5.81. The van der Waals surface area contributed by atoms with Crippen LogP contribution in [0, 0.1) is 22.7 Å². The van der Waals surface area contributed by atoms with Gasteiger partial charge in [-0.2, -0.15) is 10.5 Å². The van der Waals surface area contributed by atoms with E-state index in [2.05, 4.69) is 12.1 Å². The molecule has 0 saturated heterocycles. The van der Waals surface area contributed by atoms with Crippen LogP contribution in [-0.2, 0) is 0 Å². The molecule has 152 valence electrons. The summed E-state index contributed by atoms with van der Waals surface area (Å²) in [6.07, 6.45) is 3.18. The van der Waals surface area contributed by atoms with E-state index >= 15 is 0 Å². The molecule has 0 amide bonds. The normalized spacial score (nSPS) is 9.19. The van der Waals surface area contributed by atoms with Gasteiger partial charge < -0.3 is 0 Å². The van der Waals surface area contributed by atoms with Gasteiger partial charge in [0.1, 0.15) is 0 Å². The van der Waals surface area contributed by atoms with Crippen LogP contribution in [0.25, 0.3) is 11.1 Å². The number of hydrogen-bond acceptors (Lipinski definition) is 2. The fourth-order valence-corrected chi connectivity index (χ4v) is 3.27. The summed E-state index contributed by atoms with van der Waals surface area (Å²) in [6.45, 7) is 0. The number of nitriles is 2. The maximum atomic E-state index is 8.83. The van der Waals surface area contributed by atoms with E-state index in [-0.39, 0.29) is 0 Å². The first kappa shape index (κ1) is 22.0. The molecule has 0 aliphatic heterocycles. The average molecular weight is 411 g/mol. The van der Waals surface area contributed by atoms with Gasteiger partial charge in [-0.25, -0.2) is 0 Å². The van der Waals surface area contributed by atoms with Gasteiger partial charge in [-0.05, 0) is 33.4 Å². The fraction of sp³-hybridized carbons (Fsp3) is 0. The molecule has 0 saturated carbocycles. The molecule has 0 N–H and O–H groups in total. The van der Waals surface area contributed by atoms with Crippen molar-refractivity contribution in [2.75, 3.05) is 0 Å². The Balaban J connectivity index is 0.000000181. The first-order valence-electron chi connectivity index (χ1n) is 10.2. The van der Waals surface area contributed by atoms with E-state index < -0.39 is 0 Å². The van der Waals surface area contributed by atoms with Crippen molar-refractivity contribution in [2.24, 2.45) is 0 Å². The largest absolute Gasteiger partial charge is 0.193 e. The summed E-state index contributed by atoms with van der Waals surface area (Å²) in [6, 6.07) is 44.0. The molecule has 0 radical (unpaired) electrons. The second-order valence-corrected chi connectivity index (χ2v) is 6.84. The second-order valence-electron chi connectivity index (χ2n) is 6.84. The molecule has 0 spiro atoms. The Morgan fingerprint density at radius 1 is 0.406 bits per heavy atom. The molecule has 4 aromatic carbocycles. The first-order valence-corrected chi connectivity index (χ1v) is 10.2. The van der Waals surface area contributed by atoms with Crippen LogP contribution in [0.3, 0.4) is 0 Å². The van der Waals surface area contributed by atoms with Gasteiger partial charge in [0.25, 0.3) is 0 Å². The van der Waals surface area contributed by atoms with E-state index in [0.717, 1.165) is 33.4 Å². The number of rotatable bonds is 4. The molecule has 32 heavy (non-hydrogen) atoms. The number of hydrogen-bond donors (Lipinski definition) is 0. The molecule has 0 aromatic heterocycles. The minimum Gasteiger partial charge on any atom is -0.193 e. The van der Waals surface area contributed by atoms with Gasteiger partial charge in [-0.3, -0.25) is 0 Å². The molecule has 0 bridgehead atoms. The van der Waals surface area contributed by atoms with Crippen LogP contribution in [0.2, 0.25) is 0 Å². The topological polar surface area (TPSA) is 47.6 Å². The SMILES string of the molecule is N#CC=C(c1ccccc1)c1ccccc1.N#CC=C(c1ccccc1)c1ccccc1. The Labute approximate surface area is 189 Å². The Morgan fingerprint density at radius 2 is 0.625 bits per heavy atom. The predicted octanol–water partition coefficient (Wildman–Crippen LogP) is 7.28. The number of nitrogens with zero attached hydrogens (tertiary/aromatic N) is 2. The maximum Gasteiger partial charge on any atom is 0.0918 e. The third-order valence-electron chi connectivity index (χ3n) is 4.76. The van der Waals surface area contributed by atoms with Crippen LogP contribution in [-0.4, -0.2) is 0 Å². The predicted molar refractivity (Wildman–Crippen MR) is 131 cm³/mol. The van der Waals surface area contributed by atoms with E-state index in [4.69, 9.17) is 10.5 Å². The van der Waals surface area contributed by atoms with Gasteiger partial charge in [0.2, 0.25) is 0 Å². The average Bonchev–Trinajstić information content (AvgIpc) is 2.88. The zero-order chi connectivity index (χ0) is 22.4. The van der Waals surface area contributed by atoms with Crippen LogP contribution in [0.5, 0.6) is 0 Å². The highest BCUT2D eigenvalue weighted by Crippen LogP contribution is 2.23. The van der Waals surface area contributed by atoms with Crippen molar-refractivity contribution < 1.29 is 0 Å². The van der Waals surface area contributed by atoms with Crippen LogP contribution < -0.4 is 0 Å². The van der Waals surface area contributed by atoms with E-state index in [1.807, 2.05) is 121 Å². The molecule has 0 unspecified atom stereocenters. The van der Waals surface area contributed by atoms with E-state index in [9.17, 15) is 0 Å². The van der Waals surface area contributed by atoms with Crippen LogP contribution in [0.1, 0.15) is 22.3 Å². The van der Waals surface area contributed by atoms with Gasteiger partial charge in [0, 0.05) is 12.2 Å². The van der Waals surface area contributed by atoms with Crippen molar-refractivity contribution in [3.8, 4) is 12.1 Å². The van der Waals surface area contributed by atoms with Crippen molar-refractivity contribution >= 4 is 11.1 Å². The van der Waals surface area contributed by atoms with Gasteiger partial charge in [-0.15, -0.1) is 0 Å². The Kier molecular flexibility index (Phi) is 8.35. The fourth-order valence-electron chi connectivity index (χ4n) is 3.27. The van der Waals surface area contributed by atoms with Gasteiger partial charge in [0.15, 0.2) is 0 Å². The molecule has 0 heterocycles. The minimum atomic E-state index is 0.962. The molecular formula is C30H22N2. The van der Waals surface area contributed by atoms with E-state index in [0.29, 0.717) is 0 Å². The van der Waals surface area contributed by atoms with Crippen LogP contribution in [0.4, 0.5) is 0 Å². The Hall–Kier alpha value is -4.66. The third-order valence-corrected chi connectivity index (χ3v) is 4.76. The summed E-state index contributed by atoms with van der Waals surface area (Å²) >= 11 is 0. The van der Waals surface area contributed by atoms with Gasteiger partial charge in [0.05, 0.1) is 12.1 Å². The standard InChI is InChI=1S/2C15H11N/c2*16-12-11-15(13-7-3-1-4-8-13)14-9-5-2-6-10-14/h2*1-11H. The molecular weight excluding hydrogens is 388 g/mol. The minimum absolute atomic E-state index is 0.962. The van der Waals surface area contributed by atoms with Crippen molar-refractivity contribution in [3.05, 3.63) is 156 Å². The summed E-state index contributed by atoms with van der Waals surface area (Å²) < 4.78 is 0. The maximum absolute atomic E-state index is 8.83. The Bertz CT molecular complexity index is 1060. The summed E-state index contributed by atoms with van der Waals surface area (Å²) in [5, 5.41) is 17.7. The van der Waals surface area contributed by atoms with E-state index in [1.165, 1.54) is 0 Å². The molecule has 2 nitrogen and oxygen atoms in total. The lowest BCUT2D eigenvalue weighted by Gasteiger charge is -2.06. The zero-order valence-electron chi connectivity index (χ0n) is 17.6. The number of benzene rings is 4. The van der Waals surface area contributed by atoms with Crippen molar-refractivity contribution in [1.29, 1.82) is 10.5 Å². The summed E-state index contributed by atoms with van der Waals surface area (Å²) in [5.74, 6) is 0. The second kappa shape index (κ2) is 12.1. The molecule has 2 heteroatoms. The monoisotopic (exact) mass is 410 g/mol. The lowest BCUT2D eigenvalue weighted by atomic mass is 9.98. The zero-order valence-corrected chi connectivity index (χ0v) is 17.6. The lowest BCUT2D eigenvalue weighted by Crippen LogP contribution is -1.86. The quantitative estimate of drug-likeness (QED) is 0.332. The molecule has 0 aliphatic rings. The summed E-state index contributed by atoms with van der Waals surface area (Å²) in [7, 11) is 0. The smallest absolute Gasteiger partial charge is 0.0918 e. The van der Waals surface area contributed by atoms with E-state index in [1.54, 1.807) is 12.2 Å². The van der Waals surface area contributed by atoms with Crippen molar-refractivity contribution in [2.45, 2.75) is 0 Å². The summed E-state index contributed by atoms with van der Waals surface area (Å²) in [5.41, 5.74) is 6.18. The van der Waals surface area contributed by atoms with Crippen molar-refractivity contribution in [3.63, 3.8) is 0 Å². The highest BCUT2D eigenvalue weighted by atomic mass is 14.2. The summed E-state index contributed by atoms with van der Waals surface area (Å²) in [4.78, 5) is 0. The van der Waals surface area contributed by atoms with Crippen LogP contribution in [0.15, 0.2) is 133 Å². The molecule has 0 fully saturated rings. The van der Waals surface area contributed by atoms with Gasteiger partial charge >= 0.3 is 0 Å².